The largest absolute Gasteiger partial charge is 0.386 e. The maximum absolute atomic E-state index is 12.2. The summed E-state index contributed by atoms with van der Waals surface area (Å²) in [6, 6.07) is 7.27. The molecule has 6 nitrogen and oxygen atoms in total. The number of carbonyl (C=O) groups is 2. The van der Waals surface area contributed by atoms with Gasteiger partial charge in [-0.25, -0.2) is 0 Å². The van der Waals surface area contributed by atoms with E-state index in [1.165, 1.54) is 6.20 Å². The van der Waals surface area contributed by atoms with Crippen LogP contribution in [0.3, 0.4) is 0 Å². The van der Waals surface area contributed by atoms with Crippen LogP contribution < -0.4 is 16.4 Å². The zero-order valence-corrected chi connectivity index (χ0v) is 13.4. The van der Waals surface area contributed by atoms with E-state index < -0.39 is 11.8 Å². The number of hydrogen-bond donors (Lipinski definition) is 3. The quantitative estimate of drug-likeness (QED) is 0.411. The minimum Gasteiger partial charge on any atom is -0.386 e. The van der Waals surface area contributed by atoms with E-state index in [9.17, 15) is 9.59 Å². The molecule has 7 heteroatoms. The summed E-state index contributed by atoms with van der Waals surface area (Å²) in [5.74, 6) is -1.23. The molecular formula is C16H20ClN3O3. The Labute approximate surface area is 140 Å². The molecule has 4 N–H and O–H groups in total. The molecule has 0 aromatic heterocycles. The maximum Gasteiger partial charge on any atom is 0.258 e. The zero-order valence-electron chi connectivity index (χ0n) is 12.7. The topological polar surface area (TPSA) is 93.5 Å². The number of ether oxygens (including phenoxy) is 1. The van der Waals surface area contributed by atoms with Gasteiger partial charge >= 0.3 is 0 Å². The SMILES string of the molecule is NC(=O)/C(=C\NCc1ccc(Cl)cc1)C(=O)NC1CCOCC1. The zero-order chi connectivity index (χ0) is 16.7. The normalized spacial score (nSPS) is 16.0. The number of hydrogen-bond acceptors (Lipinski definition) is 4. The number of nitrogens with two attached hydrogens (primary N) is 1. The van der Waals surface area contributed by atoms with Gasteiger partial charge in [0, 0.05) is 37.0 Å². The van der Waals surface area contributed by atoms with E-state index in [4.69, 9.17) is 22.1 Å². The van der Waals surface area contributed by atoms with E-state index in [1.54, 1.807) is 12.1 Å². The molecule has 1 fully saturated rings. The van der Waals surface area contributed by atoms with Crippen molar-refractivity contribution in [2.24, 2.45) is 5.73 Å². The Balaban J connectivity index is 1.92. The lowest BCUT2D eigenvalue weighted by Gasteiger charge is -2.23. The first-order valence-corrected chi connectivity index (χ1v) is 7.80. The highest BCUT2D eigenvalue weighted by molar-refractivity contribution is 6.30. The first-order valence-electron chi connectivity index (χ1n) is 7.42. The Kier molecular flexibility index (Phi) is 6.43. The van der Waals surface area contributed by atoms with Crippen LogP contribution in [0.15, 0.2) is 36.0 Å². The van der Waals surface area contributed by atoms with Crippen LogP contribution in [0, 0.1) is 0 Å². The number of nitrogens with one attached hydrogen (secondary N) is 2. The first kappa shape index (κ1) is 17.3. The minimum absolute atomic E-state index is 0.00950. The highest BCUT2D eigenvalue weighted by atomic mass is 35.5. The van der Waals surface area contributed by atoms with Gasteiger partial charge in [-0.05, 0) is 30.5 Å². The summed E-state index contributed by atoms with van der Waals surface area (Å²) in [4.78, 5) is 23.6. The van der Waals surface area contributed by atoms with Crippen molar-refractivity contribution in [1.82, 2.24) is 10.6 Å². The molecule has 1 heterocycles. The van der Waals surface area contributed by atoms with Gasteiger partial charge in [-0.2, -0.15) is 0 Å². The van der Waals surface area contributed by atoms with Gasteiger partial charge in [0.05, 0.1) is 0 Å². The smallest absolute Gasteiger partial charge is 0.258 e. The fourth-order valence-corrected chi connectivity index (χ4v) is 2.35. The van der Waals surface area contributed by atoms with Crippen molar-refractivity contribution in [2.45, 2.75) is 25.4 Å². The molecule has 0 saturated carbocycles. The van der Waals surface area contributed by atoms with Crippen molar-refractivity contribution in [3.05, 3.63) is 46.6 Å². The standard InChI is InChI=1S/C16H20ClN3O3/c17-12-3-1-11(2-4-12)9-19-10-14(15(18)21)16(22)20-13-5-7-23-8-6-13/h1-4,10,13,19H,5-9H2,(H2,18,21)(H,20,22)/b14-10+. The van der Waals surface area contributed by atoms with Crippen molar-refractivity contribution in [3.8, 4) is 0 Å². The van der Waals surface area contributed by atoms with Gasteiger partial charge in [0.25, 0.3) is 11.8 Å². The van der Waals surface area contributed by atoms with E-state index in [0.717, 1.165) is 18.4 Å². The van der Waals surface area contributed by atoms with Crippen LogP contribution >= 0.6 is 11.6 Å². The third-order valence-corrected chi connectivity index (χ3v) is 3.78. The Bertz CT molecular complexity index is 581. The second-order valence-electron chi connectivity index (χ2n) is 5.29. The molecule has 124 valence electrons. The lowest BCUT2D eigenvalue weighted by molar-refractivity contribution is -0.123. The Hall–Kier alpha value is -2.05. The number of carbonyl (C=O) groups excluding carboxylic acids is 2. The minimum atomic E-state index is -0.766. The Morgan fingerprint density at radius 2 is 1.91 bits per heavy atom. The fourth-order valence-electron chi connectivity index (χ4n) is 2.23. The van der Waals surface area contributed by atoms with Crippen molar-refractivity contribution in [2.75, 3.05) is 13.2 Å². The molecule has 0 aliphatic carbocycles. The van der Waals surface area contributed by atoms with Crippen molar-refractivity contribution in [1.29, 1.82) is 0 Å². The first-order chi connectivity index (χ1) is 11.1. The van der Waals surface area contributed by atoms with Gasteiger partial charge in [0.2, 0.25) is 0 Å². The molecular weight excluding hydrogens is 318 g/mol. The van der Waals surface area contributed by atoms with Crippen LogP contribution in [-0.2, 0) is 20.9 Å². The maximum atomic E-state index is 12.2. The van der Waals surface area contributed by atoms with Crippen LogP contribution in [0.5, 0.6) is 0 Å². The van der Waals surface area contributed by atoms with Crippen LogP contribution in [0.4, 0.5) is 0 Å². The number of rotatable bonds is 6. The summed E-state index contributed by atoms with van der Waals surface area (Å²) in [5.41, 5.74) is 6.17. The monoisotopic (exact) mass is 337 g/mol. The fraction of sp³-hybridized carbons (Fsp3) is 0.375. The predicted molar refractivity (Wildman–Crippen MR) is 87.6 cm³/mol. The molecule has 0 radical (unpaired) electrons. The van der Waals surface area contributed by atoms with Crippen LogP contribution in [0.25, 0.3) is 0 Å². The van der Waals surface area contributed by atoms with Crippen LogP contribution in [0.2, 0.25) is 5.02 Å². The molecule has 1 aromatic carbocycles. The lowest BCUT2D eigenvalue weighted by atomic mass is 10.1. The highest BCUT2D eigenvalue weighted by Crippen LogP contribution is 2.10. The van der Waals surface area contributed by atoms with Gasteiger partial charge in [0.1, 0.15) is 5.57 Å². The summed E-state index contributed by atoms with van der Waals surface area (Å²) in [6.07, 6.45) is 2.82. The summed E-state index contributed by atoms with van der Waals surface area (Å²) >= 11 is 5.82. The molecule has 2 rings (SSSR count). The Morgan fingerprint density at radius 1 is 1.26 bits per heavy atom. The molecule has 0 atom stereocenters. The van der Waals surface area contributed by atoms with Gasteiger partial charge in [-0.3, -0.25) is 9.59 Å². The summed E-state index contributed by atoms with van der Waals surface area (Å²) in [6.45, 7) is 1.67. The van der Waals surface area contributed by atoms with Gasteiger partial charge in [-0.1, -0.05) is 23.7 Å². The average molecular weight is 338 g/mol. The summed E-state index contributed by atoms with van der Waals surface area (Å²) < 4.78 is 5.23. The second kappa shape index (κ2) is 8.55. The molecule has 1 aliphatic rings. The van der Waals surface area contributed by atoms with E-state index in [-0.39, 0.29) is 11.6 Å². The van der Waals surface area contributed by atoms with Gasteiger partial charge < -0.3 is 21.1 Å². The second-order valence-corrected chi connectivity index (χ2v) is 5.73. The highest BCUT2D eigenvalue weighted by Gasteiger charge is 2.21. The van der Waals surface area contributed by atoms with Gasteiger partial charge in [-0.15, -0.1) is 0 Å². The molecule has 2 amide bonds. The van der Waals surface area contributed by atoms with E-state index in [2.05, 4.69) is 10.6 Å². The molecule has 1 aliphatic heterocycles. The number of benzene rings is 1. The van der Waals surface area contributed by atoms with E-state index in [1.807, 2.05) is 12.1 Å². The molecule has 1 aromatic rings. The average Bonchev–Trinajstić information content (AvgIpc) is 2.53. The lowest BCUT2D eigenvalue weighted by Crippen LogP contribution is -2.42. The number of primary amides is 1. The van der Waals surface area contributed by atoms with E-state index in [0.29, 0.717) is 24.8 Å². The predicted octanol–water partition coefficient (Wildman–Crippen LogP) is 1.09. The van der Waals surface area contributed by atoms with Crippen LogP contribution in [0.1, 0.15) is 18.4 Å². The van der Waals surface area contributed by atoms with Crippen molar-refractivity contribution < 1.29 is 14.3 Å². The summed E-state index contributed by atoms with van der Waals surface area (Å²) in [7, 11) is 0. The van der Waals surface area contributed by atoms with Crippen LogP contribution in [-0.4, -0.2) is 31.1 Å². The van der Waals surface area contributed by atoms with Gasteiger partial charge in [0.15, 0.2) is 0 Å². The molecule has 0 unspecified atom stereocenters. The molecule has 0 spiro atoms. The number of amides is 2. The third kappa shape index (κ3) is 5.58. The molecule has 1 saturated heterocycles. The third-order valence-electron chi connectivity index (χ3n) is 3.53. The van der Waals surface area contributed by atoms with Crippen molar-refractivity contribution in [3.63, 3.8) is 0 Å². The number of halogens is 1. The summed E-state index contributed by atoms with van der Waals surface area (Å²) in [5, 5.41) is 6.39. The van der Waals surface area contributed by atoms with Crippen molar-refractivity contribution >= 4 is 23.4 Å². The van der Waals surface area contributed by atoms with E-state index >= 15 is 0 Å². The molecule has 0 bridgehead atoms. The Morgan fingerprint density at radius 3 is 2.52 bits per heavy atom. The molecule has 23 heavy (non-hydrogen) atoms.